The van der Waals surface area contributed by atoms with Crippen molar-refractivity contribution >= 4 is 11.7 Å². The zero-order valence-electron chi connectivity index (χ0n) is 18.6. The van der Waals surface area contributed by atoms with Crippen molar-refractivity contribution in [1.29, 1.82) is 5.41 Å². The van der Waals surface area contributed by atoms with Crippen LogP contribution in [0.4, 0.5) is 0 Å². The van der Waals surface area contributed by atoms with Gasteiger partial charge in [-0.2, -0.15) is 0 Å². The second-order valence-electron chi connectivity index (χ2n) is 8.30. The highest BCUT2D eigenvalue weighted by molar-refractivity contribution is 5.95. The van der Waals surface area contributed by atoms with Crippen LogP contribution in [0, 0.1) is 11.3 Å². The van der Waals surface area contributed by atoms with Crippen LogP contribution in [-0.4, -0.2) is 49.5 Å². The van der Waals surface area contributed by atoms with Crippen LogP contribution in [-0.2, 0) is 0 Å². The van der Waals surface area contributed by atoms with E-state index in [1.165, 1.54) is 19.3 Å². The maximum Gasteiger partial charge on any atom is 0.248 e. The molecule has 1 aliphatic heterocycles. The highest BCUT2D eigenvalue weighted by Crippen LogP contribution is 2.22. The van der Waals surface area contributed by atoms with Crippen molar-refractivity contribution in [3.8, 4) is 11.5 Å². The highest BCUT2D eigenvalue weighted by atomic mass is 16.5. The van der Waals surface area contributed by atoms with E-state index in [0.29, 0.717) is 12.2 Å². The molecule has 32 heavy (non-hydrogen) atoms. The monoisotopic (exact) mass is 438 g/mol. The van der Waals surface area contributed by atoms with Crippen LogP contribution in [0.3, 0.4) is 0 Å². The number of nitrogens with one attached hydrogen (secondary N) is 1. The Balaban J connectivity index is 1.23. The van der Waals surface area contributed by atoms with Crippen LogP contribution in [0.1, 0.15) is 48.0 Å². The molecule has 1 saturated heterocycles. The summed E-state index contributed by atoms with van der Waals surface area (Å²) in [6.45, 7) is 4.72. The molecule has 1 aliphatic rings. The van der Waals surface area contributed by atoms with Crippen LogP contribution in [0.25, 0.3) is 0 Å². The minimum atomic E-state index is -0.423. The lowest BCUT2D eigenvalue weighted by atomic mass is 9.92. The second kappa shape index (κ2) is 12.1. The molecule has 1 amide bonds. The van der Waals surface area contributed by atoms with Gasteiger partial charge in [0.05, 0.1) is 13.2 Å². The van der Waals surface area contributed by atoms with Gasteiger partial charge in [0.2, 0.25) is 5.91 Å². The van der Waals surface area contributed by atoms with Crippen LogP contribution >= 0.6 is 0 Å². The highest BCUT2D eigenvalue weighted by Gasteiger charge is 2.18. The summed E-state index contributed by atoms with van der Waals surface area (Å²) in [6.07, 6.45) is 5.72. The molecule has 1 heterocycles. The third kappa shape index (κ3) is 7.57. The molecule has 3 rings (SSSR count). The lowest BCUT2D eigenvalue weighted by Crippen LogP contribution is -2.35. The summed E-state index contributed by atoms with van der Waals surface area (Å²) in [6, 6.07) is 14.3. The number of nitrogens with two attached hydrogens (primary N) is 2. The number of carbonyl (C=O) groups excluding carboxylic acids is 1. The fourth-order valence-corrected chi connectivity index (χ4v) is 3.99. The van der Waals surface area contributed by atoms with E-state index < -0.39 is 5.91 Å². The van der Waals surface area contributed by atoms with Crippen LogP contribution < -0.4 is 20.9 Å². The van der Waals surface area contributed by atoms with Gasteiger partial charge in [0, 0.05) is 17.7 Å². The van der Waals surface area contributed by atoms with E-state index in [1.807, 2.05) is 24.3 Å². The standard InChI is InChI=1S/C25H34N4O3/c26-24(27)20-4-8-22(9-5-20)31-17-1-3-19-12-15-29(16-13-19)14-2-18-32-23-10-6-21(7-11-23)25(28)30/h4-11,19H,1-3,12-18H2,(H3,26,27)(H2,28,30). The van der Waals surface area contributed by atoms with Gasteiger partial charge in [-0.3, -0.25) is 10.2 Å². The second-order valence-corrected chi connectivity index (χ2v) is 8.30. The van der Waals surface area contributed by atoms with E-state index in [2.05, 4.69) is 4.90 Å². The first-order chi connectivity index (χ1) is 15.5. The van der Waals surface area contributed by atoms with E-state index >= 15 is 0 Å². The SMILES string of the molecule is N=C(N)c1ccc(OCCCC2CCN(CCCOc3ccc(C(N)=O)cc3)CC2)cc1. The molecule has 1 fully saturated rings. The molecule has 0 spiro atoms. The normalized spacial score (nSPS) is 14.8. The van der Waals surface area contributed by atoms with Gasteiger partial charge in [-0.15, -0.1) is 0 Å². The van der Waals surface area contributed by atoms with Crippen LogP contribution in [0.2, 0.25) is 0 Å². The van der Waals surface area contributed by atoms with Crippen molar-refractivity contribution in [2.45, 2.75) is 32.1 Å². The molecule has 0 aliphatic carbocycles. The smallest absolute Gasteiger partial charge is 0.248 e. The van der Waals surface area contributed by atoms with Gasteiger partial charge < -0.3 is 25.8 Å². The molecular weight excluding hydrogens is 404 g/mol. The van der Waals surface area contributed by atoms with E-state index in [-0.39, 0.29) is 5.84 Å². The van der Waals surface area contributed by atoms with Crippen molar-refractivity contribution in [1.82, 2.24) is 4.90 Å². The van der Waals surface area contributed by atoms with Gasteiger partial charge in [0.25, 0.3) is 0 Å². The van der Waals surface area contributed by atoms with Gasteiger partial charge in [0.1, 0.15) is 17.3 Å². The molecule has 0 radical (unpaired) electrons. The first-order valence-electron chi connectivity index (χ1n) is 11.3. The van der Waals surface area contributed by atoms with Gasteiger partial charge in [0.15, 0.2) is 0 Å². The van der Waals surface area contributed by atoms with Gasteiger partial charge in [-0.1, -0.05) is 0 Å². The third-order valence-electron chi connectivity index (χ3n) is 5.92. The zero-order valence-corrected chi connectivity index (χ0v) is 18.6. The average Bonchev–Trinajstić information content (AvgIpc) is 2.81. The summed E-state index contributed by atoms with van der Waals surface area (Å²) in [4.78, 5) is 13.6. The average molecular weight is 439 g/mol. The third-order valence-corrected chi connectivity index (χ3v) is 5.92. The number of nitrogen functional groups attached to an aromatic ring is 1. The number of ether oxygens (including phenoxy) is 2. The van der Waals surface area contributed by atoms with Crippen molar-refractivity contribution in [3.05, 3.63) is 59.7 Å². The molecule has 2 aromatic carbocycles. The number of carbonyl (C=O) groups is 1. The zero-order chi connectivity index (χ0) is 22.8. The van der Waals surface area contributed by atoms with E-state index in [0.717, 1.165) is 62.1 Å². The molecule has 172 valence electrons. The number of amidine groups is 1. The molecule has 7 nitrogen and oxygen atoms in total. The maximum atomic E-state index is 11.1. The van der Waals surface area contributed by atoms with Crippen LogP contribution in [0.5, 0.6) is 11.5 Å². The lowest BCUT2D eigenvalue weighted by molar-refractivity contribution is 0.1000. The topological polar surface area (TPSA) is 115 Å². The molecule has 7 heteroatoms. The Bertz CT molecular complexity index is 786. The maximum absolute atomic E-state index is 11.1. The minimum Gasteiger partial charge on any atom is -0.494 e. The van der Waals surface area contributed by atoms with E-state index in [1.54, 1.807) is 24.3 Å². The van der Waals surface area contributed by atoms with Crippen molar-refractivity contribution in [2.24, 2.45) is 17.4 Å². The molecule has 2 aromatic rings. The molecule has 0 unspecified atom stereocenters. The van der Waals surface area contributed by atoms with E-state index in [4.69, 9.17) is 26.4 Å². The number of hydrogen-bond acceptors (Lipinski definition) is 5. The minimum absolute atomic E-state index is 0.0757. The number of primary amides is 1. The largest absolute Gasteiger partial charge is 0.494 e. The fourth-order valence-electron chi connectivity index (χ4n) is 3.99. The number of rotatable bonds is 12. The number of nitrogens with zero attached hydrogens (tertiary/aromatic N) is 1. The Morgan fingerprint density at radius 3 is 1.94 bits per heavy atom. The molecule has 0 atom stereocenters. The predicted molar refractivity (Wildman–Crippen MR) is 126 cm³/mol. The first kappa shape index (κ1) is 23.6. The number of amides is 1. The Labute approximate surface area is 190 Å². The van der Waals surface area contributed by atoms with Gasteiger partial charge >= 0.3 is 0 Å². The molecule has 0 saturated carbocycles. The Morgan fingerprint density at radius 1 is 0.875 bits per heavy atom. The van der Waals surface area contributed by atoms with Crippen molar-refractivity contribution in [2.75, 3.05) is 32.8 Å². The fraction of sp³-hybridized carbons (Fsp3) is 0.440. The predicted octanol–water partition coefficient (Wildman–Crippen LogP) is 3.41. The van der Waals surface area contributed by atoms with E-state index in [9.17, 15) is 4.79 Å². The summed E-state index contributed by atoms with van der Waals surface area (Å²) in [5.74, 6) is 2.02. The number of benzene rings is 2. The number of piperidine rings is 1. The van der Waals surface area contributed by atoms with Crippen molar-refractivity contribution < 1.29 is 14.3 Å². The Kier molecular flexibility index (Phi) is 8.92. The summed E-state index contributed by atoms with van der Waals surface area (Å²) in [7, 11) is 0. The quantitative estimate of drug-likeness (QED) is 0.267. The molecule has 5 N–H and O–H groups in total. The molecular formula is C25H34N4O3. The first-order valence-corrected chi connectivity index (χ1v) is 11.3. The lowest BCUT2D eigenvalue weighted by Gasteiger charge is -2.32. The summed E-state index contributed by atoms with van der Waals surface area (Å²) < 4.78 is 11.6. The summed E-state index contributed by atoms with van der Waals surface area (Å²) in [5, 5.41) is 7.42. The Hall–Kier alpha value is -3.06. The van der Waals surface area contributed by atoms with Crippen LogP contribution in [0.15, 0.2) is 48.5 Å². The summed E-state index contributed by atoms with van der Waals surface area (Å²) >= 11 is 0. The summed E-state index contributed by atoms with van der Waals surface area (Å²) in [5.41, 5.74) is 11.9. The van der Waals surface area contributed by atoms with Gasteiger partial charge in [-0.05, 0) is 99.6 Å². The Morgan fingerprint density at radius 2 is 1.41 bits per heavy atom. The number of hydrogen-bond donors (Lipinski definition) is 3. The molecule has 0 bridgehead atoms. The van der Waals surface area contributed by atoms with Crippen molar-refractivity contribution in [3.63, 3.8) is 0 Å². The number of likely N-dealkylation sites (tertiary alicyclic amines) is 1. The van der Waals surface area contributed by atoms with Gasteiger partial charge in [-0.25, -0.2) is 0 Å². The molecule has 0 aromatic heterocycles.